The van der Waals surface area contributed by atoms with Crippen LogP contribution in [0, 0.1) is 17.3 Å². The van der Waals surface area contributed by atoms with Gasteiger partial charge in [-0.2, -0.15) is 0 Å². The van der Waals surface area contributed by atoms with Crippen LogP contribution < -0.4 is 0 Å². The molecular formula is C22H36O2. The fourth-order valence-corrected chi connectivity index (χ4v) is 4.28. The molecule has 0 saturated heterocycles. The van der Waals surface area contributed by atoms with Crippen LogP contribution in [0.15, 0.2) is 23.8 Å². The number of ether oxygens (including phenoxy) is 1. The van der Waals surface area contributed by atoms with Gasteiger partial charge in [0.15, 0.2) is 0 Å². The van der Waals surface area contributed by atoms with Gasteiger partial charge in [0.1, 0.15) is 0 Å². The van der Waals surface area contributed by atoms with E-state index in [1.54, 1.807) is 5.57 Å². The average Bonchev–Trinajstić information content (AvgIpc) is 2.57. The van der Waals surface area contributed by atoms with E-state index >= 15 is 0 Å². The van der Waals surface area contributed by atoms with Gasteiger partial charge in [-0.25, -0.2) is 0 Å². The Labute approximate surface area is 148 Å². The number of hydrogen-bond acceptors (Lipinski definition) is 2. The number of carbonyl (C=O) groups excluding carboxylic acids is 1. The maximum atomic E-state index is 11.8. The van der Waals surface area contributed by atoms with Gasteiger partial charge in [-0.3, -0.25) is 4.79 Å². The number of rotatable bonds is 11. The molecule has 0 amide bonds. The molecule has 2 nitrogen and oxygen atoms in total. The summed E-state index contributed by atoms with van der Waals surface area (Å²) >= 11 is 0. The van der Waals surface area contributed by atoms with Gasteiger partial charge in [-0.1, -0.05) is 44.6 Å². The molecule has 2 atom stereocenters. The van der Waals surface area contributed by atoms with Crippen LogP contribution in [0.25, 0.3) is 0 Å². The zero-order valence-corrected chi connectivity index (χ0v) is 16.0. The minimum Gasteiger partial charge on any atom is -0.466 e. The molecule has 2 heteroatoms. The molecule has 0 heterocycles. The van der Waals surface area contributed by atoms with Crippen molar-refractivity contribution in [3.63, 3.8) is 0 Å². The van der Waals surface area contributed by atoms with Crippen LogP contribution in [-0.2, 0) is 9.53 Å². The number of allylic oxidation sites excluding steroid dienone is 4. The topological polar surface area (TPSA) is 26.3 Å². The third kappa shape index (κ3) is 5.22. The average molecular weight is 333 g/mol. The lowest BCUT2D eigenvalue weighted by Crippen LogP contribution is -2.48. The van der Waals surface area contributed by atoms with E-state index in [1.807, 2.05) is 0 Å². The van der Waals surface area contributed by atoms with E-state index in [2.05, 4.69) is 39.0 Å². The Hall–Kier alpha value is -1.05. The maximum Gasteiger partial charge on any atom is 0.305 e. The second-order valence-corrected chi connectivity index (χ2v) is 8.12. The van der Waals surface area contributed by atoms with E-state index in [1.165, 1.54) is 19.3 Å². The molecule has 24 heavy (non-hydrogen) atoms. The van der Waals surface area contributed by atoms with Gasteiger partial charge in [0.05, 0.1) is 6.61 Å². The minimum absolute atomic E-state index is 0.0111. The molecule has 1 saturated carbocycles. The highest BCUT2D eigenvalue weighted by Crippen LogP contribution is 2.59. The lowest BCUT2D eigenvalue weighted by Gasteiger charge is -2.56. The summed E-state index contributed by atoms with van der Waals surface area (Å²) in [5, 5.41) is 0. The first-order valence-corrected chi connectivity index (χ1v) is 10.0. The molecule has 0 aromatic rings. The summed E-state index contributed by atoms with van der Waals surface area (Å²) in [5.41, 5.74) is 2.10. The normalized spacial score (nSPS) is 24.5. The minimum atomic E-state index is -0.0111. The van der Waals surface area contributed by atoms with Crippen LogP contribution in [0.5, 0.6) is 0 Å². The van der Waals surface area contributed by atoms with Crippen molar-refractivity contribution in [3.05, 3.63) is 23.8 Å². The van der Waals surface area contributed by atoms with E-state index in [9.17, 15) is 4.79 Å². The first-order chi connectivity index (χ1) is 11.6. The number of unbranched alkanes of at least 4 members (excludes halogenated alkanes) is 3. The highest BCUT2D eigenvalue weighted by molar-refractivity contribution is 5.69. The van der Waals surface area contributed by atoms with E-state index in [-0.39, 0.29) is 5.97 Å². The second kappa shape index (κ2) is 9.44. The van der Waals surface area contributed by atoms with Gasteiger partial charge in [-0.05, 0) is 75.0 Å². The molecule has 0 spiro atoms. The molecule has 3 aliphatic rings. The zero-order valence-electron chi connectivity index (χ0n) is 16.0. The highest BCUT2D eigenvalue weighted by atomic mass is 16.5. The van der Waals surface area contributed by atoms with Crippen molar-refractivity contribution >= 4 is 5.97 Å². The molecule has 2 bridgehead atoms. The Balaban J connectivity index is 1.49. The monoisotopic (exact) mass is 332 g/mol. The molecule has 0 radical (unpaired) electrons. The van der Waals surface area contributed by atoms with Crippen molar-refractivity contribution in [2.45, 2.75) is 85.0 Å². The second-order valence-electron chi connectivity index (χ2n) is 8.12. The van der Waals surface area contributed by atoms with Crippen LogP contribution in [0.2, 0.25) is 0 Å². The summed E-state index contributed by atoms with van der Waals surface area (Å²) < 4.78 is 5.36. The number of esters is 1. The Bertz CT molecular complexity index is 459. The predicted octanol–water partition coefficient (Wildman–Crippen LogP) is 6.22. The Kier molecular flexibility index (Phi) is 7.58. The predicted molar refractivity (Wildman–Crippen MR) is 101 cm³/mol. The smallest absolute Gasteiger partial charge is 0.305 e. The van der Waals surface area contributed by atoms with Gasteiger partial charge in [0.2, 0.25) is 0 Å². The Morgan fingerprint density at radius 2 is 2.08 bits per heavy atom. The van der Waals surface area contributed by atoms with Gasteiger partial charge < -0.3 is 4.74 Å². The van der Waals surface area contributed by atoms with Gasteiger partial charge in [0, 0.05) is 6.42 Å². The Morgan fingerprint density at radius 1 is 1.25 bits per heavy atom. The summed E-state index contributed by atoms with van der Waals surface area (Å²) in [4.78, 5) is 11.8. The van der Waals surface area contributed by atoms with Crippen LogP contribution >= 0.6 is 0 Å². The van der Waals surface area contributed by atoms with Crippen molar-refractivity contribution < 1.29 is 9.53 Å². The molecule has 0 aromatic heterocycles. The fourth-order valence-electron chi connectivity index (χ4n) is 4.28. The third-order valence-corrected chi connectivity index (χ3v) is 6.11. The van der Waals surface area contributed by atoms with Gasteiger partial charge in [0.25, 0.3) is 0 Å². The van der Waals surface area contributed by atoms with E-state index in [0.29, 0.717) is 18.4 Å². The molecule has 2 unspecified atom stereocenters. The first-order valence-electron chi connectivity index (χ1n) is 10.0. The lowest BCUT2D eigenvalue weighted by molar-refractivity contribution is -0.143. The van der Waals surface area contributed by atoms with Crippen molar-refractivity contribution in [1.29, 1.82) is 0 Å². The summed E-state index contributed by atoms with van der Waals surface area (Å²) in [6.45, 7) is 7.57. The summed E-state index contributed by atoms with van der Waals surface area (Å²) in [5.74, 6) is 1.66. The summed E-state index contributed by atoms with van der Waals surface area (Å²) in [6, 6.07) is 0. The zero-order chi connectivity index (χ0) is 17.4. The quantitative estimate of drug-likeness (QED) is 0.255. The molecule has 136 valence electrons. The molecule has 3 rings (SSSR count). The molecule has 0 aromatic carbocycles. The number of fused-ring (bicyclic) bond motifs is 1. The largest absolute Gasteiger partial charge is 0.466 e. The molecule has 3 aliphatic carbocycles. The highest BCUT2D eigenvalue weighted by Gasteiger charge is 2.50. The molecule has 1 fully saturated rings. The van der Waals surface area contributed by atoms with Gasteiger partial charge >= 0.3 is 5.97 Å². The number of hydrogen-bond donors (Lipinski definition) is 0. The van der Waals surface area contributed by atoms with Crippen molar-refractivity contribution in [1.82, 2.24) is 0 Å². The van der Waals surface area contributed by atoms with Crippen molar-refractivity contribution in [2.75, 3.05) is 6.61 Å². The molecule has 0 aliphatic heterocycles. The summed E-state index contributed by atoms with van der Waals surface area (Å²) in [7, 11) is 0. The third-order valence-electron chi connectivity index (χ3n) is 6.11. The SMILES string of the molecule is CC/C=C\CCCCCOC(=O)CCCC1=CCC2CC1C2(C)C. The van der Waals surface area contributed by atoms with Crippen LogP contribution in [0.3, 0.4) is 0 Å². The maximum absolute atomic E-state index is 11.8. The van der Waals surface area contributed by atoms with Crippen molar-refractivity contribution in [2.24, 2.45) is 17.3 Å². The van der Waals surface area contributed by atoms with Crippen molar-refractivity contribution in [3.8, 4) is 0 Å². The van der Waals surface area contributed by atoms with E-state index in [0.717, 1.165) is 50.4 Å². The van der Waals surface area contributed by atoms with Crippen LogP contribution in [0.1, 0.15) is 85.0 Å². The molecular weight excluding hydrogens is 296 g/mol. The van der Waals surface area contributed by atoms with Crippen LogP contribution in [0.4, 0.5) is 0 Å². The summed E-state index contributed by atoms with van der Waals surface area (Å²) in [6.07, 6.45) is 17.7. The van der Waals surface area contributed by atoms with E-state index < -0.39 is 0 Å². The number of carbonyl (C=O) groups is 1. The van der Waals surface area contributed by atoms with Crippen LogP contribution in [-0.4, -0.2) is 12.6 Å². The fraction of sp³-hybridized carbons (Fsp3) is 0.773. The first kappa shape index (κ1) is 19.3. The standard InChI is InChI=1S/C22H36O2/c1-4-5-6-7-8-9-10-16-24-21(23)13-11-12-18-14-15-19-17-20(18)22(19,2)3/h5-6,14,19-20H,4,7-13,15-17H2,1-3H3/b6-5-. The Morgan fingerprint density at radius 3 is 2.79 bits per heavy atom. The van der Waals surface area contributed by atoms with Gasteiger partial charge in [-0.15, -0.1) is 0 Å². The lowest BCUT2D eigenvalue weighted by atomic mass is 9.48. The molecule has 0 N–H and O–H groups in total. The van der Waals surface area contributed by atoms with E-state index in [4.69, 9.17) is 4.74 Å².